The minimum Gasteiger partial charge on any atom is -0.465 e. The molecular weight excluding hydrogens is 247 g/mol. The number of alkyl halides is 2. The number of aryl methyl sites for hydroxylation is 1. The van der Waals surface area contributed by atoms with E-state index in [0.717, 1.165) is 24.0 Å². The molecule has 88 valence electrons. The monoisotopic (exact) mass is 260 g/mol. The molecule has 0 bridgehead atoms. The second-order valence-corrected chi connectivity index (χ2v) is 4.05. The Hall–Kier alpha value is -0.730. The van der Waals surface area contributed by atoms with E-state index in [1.54, 1.807) is 6.07 Å². The van der Waals surface area contributed by atoms with Crippen molar-refractivity contribution in [3.63, 3.8) is 0 Å². The Morgan fingerprint density at radius 2 is 2.06 bits per heavy atom. The molecule has 0 N–H and O–H groups in total. The van der Waals surface area contributed by atoms with E-state index in [4.69, 9.17) is 23.2 Å². The van der Waals surface area contributed by atoms with Crippen LogP contribution in [-0.2, 0) is 17.0 Å². The molecule has 0 aliphatic rings. The summed E-state index contributed by atoms with van der Waals surface area (Å²) in [6.07, 6.45) is 1.70. The van der Waals surface area contributed by atoms with E-state index in [1.165, 1.54) is 7.11 Å². The van der Waals surface area contributed by atoms with Crippen molar-refractivity contribution < 1.29 is 9.53 Å². The average molecular weight is 261 g/mol. The highest BCUT2D eigenvalue weighted by Crippen LogP contribution is 2.17. The molecule has 4 heteroatoms. The van der Waals surface area contributed by atoms with Crippen molar-refractivity contribution in [3.05, 3.63) is 34.9 Å². The van der Waals surface area contributed by atoms with Crippen LogP contribution in [0.1, 0.15) is 27.9 Å². The fourth-order valence-electron chi connectivity index (χ4n) is 1.49. The molecule has 1 aromatic rings. The molecule has 0 atom stereocenters. The minimum absolute atomic E-state index is 0.326. The van der Waals surface area contributed by atoms with Crippen LogP contribution < -0.4 is 0 Å². The summed E-state index contributed by atoms with van der Waals surface area (Å²) >= 11 is 11.5. The SMILES string of the molecule is COC(=O)c1ccc(CCl)c(CCCCl)c1. The summed E-state index contributed by atoms with van der Waals surface area (Å²) < 4.78 is 4.67. The first-order valence-electron chi connectivity index (χ1n) is 5.05. The van der Waals surface area contributed by atoms with Crippen LogP contribution in [0.4, 0.5) is 0 Å². The second kappa shape index (κ2) is 6.77. The smallest absolute Gasteiger partial charge is 0.337 e. The largest absolute Gasteiger partial charge is 0.465 e. The van der Waals surface area contributed by atoms with Crippen molar-refractivity contribution in [2.75, 3.05) is 13.0 Å². The van der Waals surface area contributed by atoms with Gasteiger partial charge in [-0.15, -0.1) is 23.2 Å². The highest BCUT2D eigenvalue weighted by atomic mass is 35.5. The first-order chi connectivity index (χ1) is 7.72. The zero-order valence-corrected chi connectivity index (χ0v) is 10.6. The molecule has 0 saturated carbocycles. The summed E-state index contributed by atoms with van der Waals surface area (Å²) in [5.41, 5.74) is 2.67. The quantitative estimate of drug-likeness (QED) is 0.600. The standard InChI is InChI=1S/C12H14Cl2O2/c1-16-12(15)10-4-5-11(8-14)9(7-10)3-2-6-13/h4-5,7H,2-3,6,8H2,1H3. The molecule has 0 spiro atoms. The molecular formula is C12H14Cl2O2. The predicted octanol–water partition coefficient (Wildman–Crippen LogP) is 3.38. The molecule has 1 rings (SSSR count). The van der Waals surface area contributed by atoms with Gasteiger partial charge in [-0.05, 0) is 36.1 Å². The summed E-state index contributed by atoms with van der Waals surface area (Å²) in [6.45, 7) is 0. The molecule has 16 heavy (non-hydrogen) atoms. The van der Waals surface area contributed by atoms with E-state index in [0.29, 0.717) is 17.3 Å². The van der Waals surface area contributed by atoms with Crippen LogP contribution in [0.3, 0.4) is 0 Å². The van der Waals surface area contributed by atoms with Gasteiger partial charge in [0.15, 0.2) is 0 Å². The van der Waals surface area contributed by atoms with Gasteiger partial charge in [0, 0.05) is 11.8 Å². The lowest BCUT2D eigenvalue weighted by Crippen LogP contribution is -2.03. The number of hydrogen-bond acceptors (Lipinski definition) is 2. The fraction of sp³-hybridized carbons (Fsp3) is 0.417. The van der Waals surface area contributed by atoms with Crippen molar-refractivity contribution in [2.45, 2.75) is 18.7 Å². The summed E-state index contributed by atoms with van der Waals surface area (Å²) in [5.74, 6) is 0.719. The van der Waals surface area contributed by atoms with Gasteiger partial charge in [0.1, 0.15) is 0 Å². The van der Waals surface area contributed by atoms with Crippen LogP contribution in [0, 0.1) is 0 Å². The lowest BCUT2D eigenvalue weighted by molar-refractivity contribution is 0.0600. The van der Waals surface area contributed by atoms with Crippen LogP contribution >= 0.6 is 23.2 Å². The Morgan fingerprint density at radius 3 is 2.62 bits per heavy atom. The predicted molar refractivity (Wildman–Crippen MR) is 66.4 cm³/mol. The number of ether oxygens (including phenoxy) is 1. The topological polar surface area (TPSA) is 26.3 Å². The zero-order chi connectivity index (χ0) is 12.0. The lowest BCUT2D eigenvalue weighted by atomic mass is 10.0. The third-order valence-corrected chi connectivity index (χ3v) is 2.91. The Bertz CT molecular complexity index is 364. The van der Waals surface area contributed by atoms with Crippen molar-refractivity contribution in [3.8, 4) is 0 Å². The van der Waals surface area contributed by atoms with Crippen molar-refractivity contribution >= 4 is 29.2 Å². The first-order valence-corrected chi connectivity index (χ1v) is 6.12. The van der Waals surface area contributed by atoms with Gasteiger partial charge in [0.05, 0.1) is 12.7 Å². The summed E-state index contributed by atoms with van der Waals surface area (Å²) in [4.78, 5) is 11.4. The molecule has 0 saturated heterocycles. The molecule has 0 aliphatic heterocycles. The third kappa shape index (κ3) is 3.39. The number of carbonyl (C=O) groups excluding carboxylic acids is 1. The third-order valence-electron chi connectivity index (χ3n) is 2.35. The van der Waals surface area contributed by atoms with Gasteiger partial charge in [-0.2, -0.15) is 0 Å². The van der Waals surface area contributed by atoms with Gasteiger partial charge in [0.25, 0.3) is 0 Å². The molecule has 0 amide bonds. The molecule has 0 fully saturated rings. The Kier molecular flexibility index (Phi) is 5.64. The van der Waals surface area contributed by atoms with Crippen LogP contribution in [0.2, 0.25) is 0 Å². The second-order valence-electron chi connectivity index (χ2n) is 3.40. The van der Waals surface area contributed by atoms with Crippen molar-refractivity contribution in [2.24, 2.45) is 0 Å². The van der Waals surface area contributed by atoms with E-state index in [2.05, 4.69) is 4.74 Å². The van der Waals surface area contributed by atoms with Crippen molar-refractivity contribution in [1.29, 1.82) is 0 Å². The van der Waals surface area contributed by atoms with E-state index < -0.39 is 0 Å². The number of esters is 1. The maximum absolute atomic E-state index is 11.4. The normalized spacial score (nSPS) is 10.2. The van der Waals surface area contributed by atoms with Gasteiger partial charge in [-0.1, -0.05) is 6.07 Å². The van der Waals surface area contributed by atoms with Gasteiger partial charge in [-0.3, -0.25) is 0 Å². The molecule has 0 aliphatic carbocycles. The van der Waals surface area contributed by atoms with Gasteiger partial charge in [-0.25, -0.2) is 4.79 Å². The lowest BCUT2D eigenvalue weighted by Gasteiger charge is -2.08. The van der Waals surface area contributed by atoms with Crippen LogP contribution in [0.5, 0.6) is 0 Å². The Labute approximate surface area is 106 Å². The van der Waals surface area contributed by atoms with Crippen molar-refractivity contribution in [1.82, 2.24) is 0 Å². The van der Waals surface area contributed by atoms with E-state index in [-0.39, 0.29) is 5.97 Å². The van der Waals surface area contributed by atoms with Crippen LogP contribution in [0.25, 0.3) is 0 Å². The molecule has 0 heterocycles. The number of benzene rings is 1. The average Bonchev–Trinajstić information content (AvgIpc) is 2.34. The molecule has 2 nitrogen and oxygen atoms in total. The summed E-state index contributed by atoms with van der Waals surface area (Å²) in [7, 11) is 1.37. The van der Waals surface area contributed by atoms with E-state index in [9.17, 15) is 4.79 Å². The molecule has 0 aromatic heterocycles. The molecule has 1 aromatic carbocycles. The highest BCUT2D eigenvalue weighted by Gasteiger charge is 2.09. The summed E-state index contributed by atoms with van der Waals surface area (Å²) in [5, 5.41) is 0. The summed E-state index contributed by atoms with van der Waals surface area (Å²) in [6, 6.07) is 5.42. The zero-order valence-electron chi connectivity index (χ0n) is 9.13. The molecule has 0 unspecified atom stereocenters. The highest BCUT2D eigenvalue weighted by molar-refractivity contribution is 6.18. The van der Waals surface area contributed by atoms with E-state index >= 15 is 0 Å². The maximum atomic E-state index is 11.4. The van der Waals surface area contributed by atoms with Gasteiger partial charge < -0.3 is 4.74 Å². The Balaban J connectivity index is 2.96. The minimum atomic E-state index is -0.326. The molecule has 0 radical (unpaired) electrons. The number of carbonyl (C=O) groups is 1. The first kappa shape index (κ1) is 13.3. The number of rotatable bonds is 5. The van der Waals surface area contributed by atoms with Crippen LogP contribution in [-0.4, -0.2) is 19.0 Å². The Morgan fingerprint density at radius 1 is 1.31 bits per heavy atom. The fourth-order valence-corrected chi connectivity index (χ4v) is 1.89. The van der Waals surface area contributed by atoms with E-state index in [1.807, 2.05) is 12.1 Å². The number of methoxy groups -OCH3 is 1. The number of halogens is 2. The maximum Gasteiger partial charge on any atom is 0.337 e. The van der Waals surface area contributed by atoms with Crippen LogP contribution in [0.15, 0.2) is 18.2 Å². The van der Waals surface area contributed by atoms with Gasteiger partial charge in [0.2, 0.25) is 0 Å². The van der Waals surface area contributed by atoms with Gasteiger partial charge >= 0.3 is 5.97 Å². The number of hydrogen-bond donors (Lipinski definition) is 0.